The maximum atomic E-state index is 12.8. The first kappa shape index (κ1) is 19.8. The summed E-state index contributed by atoms with van der Waals surface area (Å²) in [5, 5.41) is 3.19. The molecule has 0 bridgehead atoms. The quantitative estimate of drug-likeness (QED) is 0.609. The third kappa shape index (κ3) is 4.24. The molecule has 0 radical (unpaired) electrons. The standard InChI is InChI=1S/C19H16Cl2N4O3S/c20-12-3-5-13(6-4-12)24-29(27,28)17-10-14(7-8-15(17)21)22-19(26)16-11-25-9-1-2-18(25)23-16/h3-8,10-11,24H,1-2,9H2,(H,22,26). The summed E-state index contributed by atoms with van der Waals surface area (Å²) in [5.41, 5.74) is 0.926. The Morgan fingerprint density at radius 3 is 2.52 bits per heavy atom. The molecular formula is C19H16Cl2N4O3S. The van der Waals surface area contributed by atoms with Crippen LogP contribution in [-0.4, -0.2) is 23.9 Å². The Labute approximate surface area is 177 Å². The number of halogens is 2. The molecule has 4 rings (SSSR count). The number of hydrogen-bond acceptors (Lipinski definition) is 4. The lowest BCUT2D eigenvalue weighted by atomic mass is 10.3. The van der Waals surface area contributed by atoms with E-state index < -0.39 is 15.9 Å². The van der Waals surface area contributed by atoms with Gasteiger partial charge in [0.25, 0.3) is 15.9 Å². The molecule has 7 nitrogen and oxygen atoms in total. The molecule has 0 atom stereocenters. The largest absolute Gasteiger partial charge is 0.334 e. The molecule has 1 aliphatic rings. The zero-order valence-corrected chi connectivity index (χ0v) is 17.4. The van der Waals surface area contributed by atoms with Crippen LogP contribution in [0.4, 0.5) is 11.4 Å². The molecule has 0 fully saturated rings. The molecule has 29 heavy (non-hydrogen) atoms. The number of carbonyl (C=O) groups is 1. The minimum Gasteiger partial charge on any atom is -0.334 e. The van der Waals surface area contributed by atoms with Crippen molar-refractivity contribution in [2.24, 2.45) is 0 Å². The number of aromatic nitrogens is 2. The number of rotatable bonds is 5. The molecular weight excluding hydrogens is 435 g/mol. The molecule has 2 aromatic carbocycles. The normalized spacial score (nSPS) is 13.2. The van der Waals surface area contributed by atoms with Crippen molar-refractivity contribution in [1.29, 1.82) is 0 Å². The number of aryl methyl sites for hydroxylation is 2. The Morgan fingerprint density at radius 1 is 1.07 bits per heavy atom. The SMILES string of the molecule is O=C(Nc1ccc(Cl)c(S(=O)(=O)Nc2ccc(Cl)cc2)c1)c1cn2c(n1)CCC2. The predicted molar refractivity (Wildman–Crippen MR) is 112 cm³/mol. The van der Waals surface area contributed by atoms with Crippen molar-refractivity contribution in [2.75, 3.05) is 10.0 Å². The summed E-state index contributed by atoms with van der Waals surface area (Å²) in [4.78, 5) is 16.7. The molecule has 3 aromatic rings. The number of imidazole rings is 1. The Kier molecular flexibility index (Phi) is 5.24. The van der Waals surface area contributed by atoms with Gasteiger partial charge in [0.2, 0.25) is 0 Å². The van der Waals surface area contributed by atoms with Crippen LogP contribution in [0.25, 0.3) is 0 Å². The first-order valence-corrected chi connectivity index (χ1v) is 11.0. The first-order valence-electron chi connectivity index (χ1n) is 8.77. The van der Waals surface area contributed by atoms with Gasteiger partial charge >= 0.3 is 0 Å². The Bertz CT molecular complexity index is 1170. The highest BCUT2D eigenvalue weighted by molar-refractivity contribution is 7.92. The molecule has 0 unspecified atom stereocenters. The first-order chi connectivity index (χ1) is 13.8. The summed E-state index contributed by atoms with van der Waals surface area (Å²) in [7, 11) is -3.97. The number of amides is 1. The van der Waals surface area contributed by atoms with Gasteiger partial charge in [-0.15, -0.1) is 0 Å². The van der Waals surface area contributed by atoms with Gasteiger partial charge in [0, 0.05) is 35.6 Å². The topological polar surface area (TPSA) is 93.1 Å². The minimum absolute atomic E-state index is 0.0328. The maximum Gasteiger partial charge on any atom is 0.275 e. The fourth-order valence-electron chi connectivity index (χ4n) is 3.07. The van der Waals surface area contributed by atoms with Crippen molar-refractivity contribution >= 4 is 50.5 Å². The number of benzene rings is 2. The second-order valence-corrected chi connectivity index (χ2v) is 9.05. The van der Waals surface area contributed by atoms with E-state index in [0.29, 0.717) is 22.1 Å². The van der Waals surface area contributed by atoms with E-state index in [9.17, 15) is 13.2 Å². The highest BCUT2D eigenvalue weighted by Crippen LogP contribution is 2.28. The van der Waals surface area contributed by atoms with Crippen molar-refractivity contribution in [2.45, 2.75) is 24.3 Å². The zero-order valence-electron chi connectivity index (χ0n) is 15.0. The van der Waals surface area contributed by atoms with Gasteiger partial charge < -0.3 is 9.88 Å². The molecule has 1 amide bonds. The number of nitrogens with one attached hydrogen (secondary N) is 2. The third-order valence-corrected chi connectivity index (χ3v) is 6.58. The second-order valence-electron chi connectivity index (χ2n) is 6.55. The van der Waals surface area contributed by atoms with Crippen molar-refractivity contribution in [3.8, 4) is 0 Å². The molecule has 2 heterocycles. The molecule has 2 N–H and O–H groups in total. The molecule has 0 saturated carbocycles. The minimum atomic E-state index is -3.97. The van der Waals surface area contributed by atoms with E-state index in [-0.39, 0.29) is 9.92 Å². The Morgan fingerprint density at radius 2 is 1.79 bits per heavy atom. The van der Waals surface area contributed by atoms with Crippen LogP contribution in [0, 0.1) is 0 Å². The number of nitrogens with zero attached hydrogens (tertiary/aromatic N) is 2. The van der Waals surface area contributed by atoms with E-state index in [1.807, 2.05) is 4.57 Å². The van der Waals surface area contributed by atoms with Gasteiger partial charge in [0.1, 0.15) is 16.4 Å². The lowest BCUT2D eigenvalue weighted by Gasteiger charge is -2.11. The molecule has 1 aliphatic heterocycles. The van der Waals surface area contributed by atoms with Gasteiger partial charge in [0.05, 0.1) is 5.02 Å². The summed E-state index contributed by atoms with van der Waals surface area (Å²) in [6, 6.07) is 10.5. The second kappa shape index (κ2) is 7.70. The van der Waals surface area contributed by atoms with Gasteiger partial charge in [-0.25, -0.2) is 13.4 Å². The van der Waals surface area contributed by atoms with E-state index in [0.717, 1.165) is 25.2 Å². The molecule has 1 aromatic heterocycles. The number of hydrogen-bond donors (Lipinski definition) is 2. The van der Waals surface area contributed by atoms with Crippen LogP contribution < -0.4 is 10.0 Å². The zero-order chi connectivity index (χ0) is 20.6. The molecule has 150 valence electrons. The Balaban J connectivity index is 1.56. The van der Waals surface area contributed by atoms with Gasteiger partial charge in [-0.3, -0.25) is 9.52 Å². The van der Waals surface area contributed by atoms with Crippen molar-refractivity contribution in [3.05, 3.63) is 70.2 Å². The molecule has 10 heteroatoms. The maximum absolute atomic E-state index is 12.8. The van der Waals surface area contributed by atoms with Crippen LogP contribution in [-0.2, 0) is 23.0 Å². The summed E-state index contributed by atoms with van der Waals surface area (Å²) in [6.07, 6.45) is 3.56. The lowest BCUT2D eigenvalue weighted by molar-refractivity contribution is 0.102. The average molecular weight is 451 g/mol. The Hall–Kier alpha value is -2.55. The molecule has 0 saturated heterocycles. The number of fused-ring (bicyclic) bond motifs is 1. The highest BCUT2D eigenvalue weighted by Gasteiger charge is 2.21. The fraction of sp³-hybridized carbons (Fsp3) is 0.158. The van der Waals surface area contributed by atoms with E-state index in [1.165, 1.54) is 30.3 Å². The average Bonchev–Trinajstić information content (AvgIpc) is 3.27. The van der Waals surface area contributed by atoms with Gasteiger partial charge in [-0.2, -0.15) is 0 Å². The van der Waals surface area contributed by atoms with Gasteiger partial charge in [0.15, 0.2) is 0 Å². The van der Waals surface area contributed by atoms with Crippen LogP contribution in [0.3, 0.4) is 0 Å². The smallest absolute Gasteiger partial charge is 0.275 e. The van der Waals surface area contributed by atoms with E-state index in [2.05, 4.69) is 15.0 Å². The van der Waals surface area contributed by atoms with E-state index in [4.69, 9.17) is 23.2 Å². The third-order valence-electron chi connectivity index (χ3n) is 4.47. The fourth-order valence-corrected chi connectivity index (χ4v) is 4.79. The van der Waals surface area contributed by atoms with Crippen LogP contribution in [0.5, 0.6) is 0 Å². The number of anilines is 2. The summed E-state index contributed by atoms with van der Waals surface area (Å²) < 4.78 is 29.9. The van der Waals surface area contributed by atoms with Crippen LogP contribution >= 0.6 is 23.2 Å². The number of carbonyl (C=O) groups excluding carboxylic acids is 1. The van der Waals surface area contributed by atoms with Gasteiger partial charge in [-0.1, -0.05) is 23.2 Å². The molecule has 0 aliphatic carbocycles. The van der Waals surface area contributed by atoms with Crippen molar-refractivity contribution in [1.82, 2.24) is 9.55 Å². The molecule has 0 spiro atoms. The van der Waals surface area contributed by atoms with E-state index in [1.54, 1.807) is 18.3 Å². The summed E-state index contributed by atoms with van der Waals surface area (Å²) in [5.74, 6) is 0.463. The van der Waals surface area contributed by atoms with Crippen molar-refractivity contribution in [3.63, 3.8) is 0 Å². The number of sulfonamides is 1. The summed E-state index contributed by atoms with van der Waals surface area (Å²) in [6.45, 7) is 0.843. The highest BCUT2D eigenvalue weighted by atomic mass is 35.5. The van der Waals surface area contributed by atoms with Crippen LogP contribution in [0.15, 0.2) is 53.6 Å². The van der Waals surface area contributed by atoms with Crippen LogP contribution in [0.2, 0.25) is 10.0 Å². The monoisotopic (exact) mass is 450 g/mol. The van der Waals surface area contributed by atoms with E-state index >= 15 is 0 Å². The summed E-state index contributed by atoms with van der Waals surface area (Å²) >= 11 is 11.9. The lowest BCUT2D eigenvalue weighted by Crippen LogP contribution is -2.16. The van der Waals surface area contributed by atoms with Crippen LogP contribution in [0.1, 0.15) is 22.7 Å². The van der Waals surface area contributed by atoms with Gasteiger partial charge in [-0.05, 0) is 48.9 Å². The van der Waals surface area contributed by atoms with Crippen molar-refractivity contribution < 1.29 is 13.2 Å². The predicted octanol–water partition coefficient (Wildman–Crippen LogP) is 4.19.